The van der Waals surface area contributed by atoms with Crippen LogP contribution >= 0.6 is 0 Å². The SMILES string of the molecule is [2H]c1c([2H])c([2H])c2c(oc3c([2H])c(N(c4ccc(-c5ccccc5)cc4)c4cccc5ccccc45)c([2H])c(-c4nc(-c5ccccc5)nc(-c5ccccc5)n4)c32)c1[2H]. The third kappa shape index (κ3) is 5.65. The van der Waals surface area contributed by atoms with Crippen LogP contribution in [0.1, 0.15) is 8.22 Å². The number of rotatable bonds is 7. The predicted molar refractivity (Wildman–Crippen MR) is 221 cm³/mol. The van der Waals surface area contributed by atoms with Crippen molar-refractivity contribution in [2.45, 2.75) is 0 Å². The fourth-order valence-corrected chi connectivity index (χ4v) is 6.89. The van der Waals surface area contributed by atoms with E-state index < -0.39 is 18.1 Å². The molecule has 54 heavy (non-hydrogen) atoms. The van der Waals surface area contributed by atoms with Gasteiger partial charge in [-0.25, -0.2) is 15.0 Å². The van der Waals surface area contributed by atoms with E-state index in [0.29, 0.717) is 34.2 Å². The molecule has 254 valence electrons. The van der Waals surface area contributed by atoms with Crippen molar-refractivity contribution in [3.63, 3.8) is 0 Å². The Morgan fingerprint density at radius 1 is 0.444 bits per heavy atom. The molecule has 0 amide bonds. The summed E-state index contributed by atoms with van der Waals surface area (Å²) >= 11 is 0. The van der Waals surface area contributed by atoms with Gasteiger partial charge in [-0.3, -0.25) is 0 Å². The molecule has 10 aromatic rings. The number of anilines is 3. The highest BCUT2D eigenvalue weighted by Gasteiger charge is 2.23. The monoisotopic (exact) mass is 698 g/mol. The van der Waals surface area contributed by atoms with Crippen molar-refractivity contribution in [3.8, 4) is 45.3 Å². The summed E-state index contributed by atoms with van der Waals surface area (Å²) in [6, 6.07) is 48.6. The maximum absolute atomic E-state index is 10.3. The largest absolute Gasteiger partial charge is 0.456 e. The minimum atomic E-state index is -0.472. The quantitative estimate of drug-likeness (QED) is 0.166. The normalized spacial score (nSPS) is 12.9. The molecule has 0 unspecified atom stereocenters. The maximum Gasteiger partial charge on any atom is 0.164 e. The van der Waals surface area contributed by atoms with Gasteiger partial charge in [0.1, 0.15) is 11.2 Å². The van der Waals surface area contributed by atoms with Gasteiger partial charge in [-0.2, -0.15) is 0 Å². The summed E-state index contributed by atoms with van der Waals surface area (Å²) in [5.41, 5.74) is 4.87. The summed E-state index contributed by atoms with van der Waals surface area (Å²) in [4.78, 5) is 16.8. The van der Waals surface area contributed by atoms with E-state index in [1.165, 1.54) is 0 Å². The third-order valence-electron chi connectivity index (χ3n) is 9.45. The van der Waals surface area contributed by atoms with E-state index in [-0.39, 0.29) is 57.1 Å². The predicted octanol–water partition coefficient (Wildman–Crippen LogP) is 13.1. The Balaban J connectivity index is 1.35. The van der Waals surface area contributed by atoms with Crippen LogP contribution in [0, 0.1) is 0 Å². The zero-order chi connectivity index (χ0) is 41.1. The van der Waals surface area contributed by atoms with E-state index >= 15 is 0 Å². The first-order valence-electron chi connectivity index (χ1n) is 20.5. The van der Waals surface area contributed by atoms with Crippen molar-refractivity contribution in [3.05, 3.63) is 194 Å². The van der Waals surface area contributed by atoms with Gasteiger partial charge in [-0.05, 0) is 46.8 Å². The number of benzene rings is 8. The highest BCUT2D eigenvalue weighted by atomic mass is 16.3. The first-order valence-corrected chi connectivity index (χ1v) is 17.5. The van der Waals surface area contributed by atoms with Gasteiger partial charge in [0, 0.05) is 44.6 Å². The second kappa shape index (κ2) is 13.3. The molecule has 0 saturated carbocycles. The Morgan fingerprint density at radius 3 is 1.72 bits per heavy atom. The highest BCUT2D eigenvalue weighted by molar-refractivity contribution is 6.13. The van der Waals surface area contributed by atoms with Crippen molar-refractivity contribution in [1.82, 2.24) is 15.0 Å². The van der Waals surface area contributed by atoms with E-state index in [2.05, 4.69) is 0 Å². The van der Waals surface area contributed by atoms with E-state index in [1.54, 1.807) is 0 Å². The molecule has 0 atom stereocenters. The standard InChI is InChI=1S/C49H32N4O/c1-4-15-33(16-5-1)34-27-29-38(30-28-34)53(43-25-14-22-35-17-10-11-23-40(35)43)39-31-42(46-41-24-12-13-26-44(41)54-45(46)32-39)49-51-47(36-18-6-2-7-19-36)50-48(52-49)37-20-8-3-9-21-37/h1-32H/i12D,13D,24D,26D,31D,32D. The van der Waals surface area contributed by atoms with Gasteiger partial charge < -0.3 is 9.32 Å². The molecule has 0 aliphatic heterocycles. The van der Waals surface area contributed by atoms with E-state index in [4.69, 9.17) is 24.9 Å². The van der Waals surface area contributed by atoms with Crippen LogP contribution < -0.4 is 4.90 Å². The van der Waals surface area contributed by atoms with Crippen molar-refractivity contribution >= 4 is 49.8 Å². The number of furan rings is 1. The zero-order valence-electron chi connectivity index (χ0n) is 34.7. The van der Waals surface area contributed by atoms with Gasteiger partial charge in [-0.1, -0.05) is 158 Å². The molecule has 5 heteroatoms. The topological polar surface area (TPSA) is 55.1 Å². The lowest BCUT2D eigenvalue weighted by atomic mass is 10.0. The van der Waals surface area contributed by atoms with Crippen LogP contribution in [-0.4, -0.2) is 15.0 Å². The van der Waals surface area contributed by atoms with E-state index in [1.807, 2.05) is 163 Å². The highest BCUT2D eigenvalue weighted by Crippen LogP contribution is 2.45. The number of aromatic nitrogens is 3. The molecule has 2 aromatic heterocycles. The number of fused-ring (bicyclic) bond motifs is 4. The molecule has 10 rings (SSSR count). The van der Waals surface area contributed by atoms with E-state index in [9.17, 15) is 2.74 Å². The fraction of sp³-hybridized carbons (Fsp3) is 0. The molecule has 0 spiro atoms. The summed E-state index contributed by atoms with van der Waals surface area (Å²) < 4.78 is 61.9. The summed E-state index contributed by atoms with van der Waals surface area (Å²) in [5, 5.41) is 1.99. The van der Waals surface area contributed by atoms with Crippen molar-refractivity contribution in [2.75, 3.05) is 4.90 Å². The Morgan fingerprint density at radius 2 is 1.02 bits per heavy atom. The van der Waals surface area contributed by atoms with Gasteiger partial charge in [0.2, 0.25) is 0 Å². The maximum atomic E-state index is 10.3. The van der Waals surface area contributed by atoms with Crippen LogP contribution in [0.3, 0.4) is 0 Å². The lowest BCUT2D eigenvalue weighted by molar-refractivity contribution is 0.669. The number of para-hydroxylation sites is 1. The van der Waals surface area contributed by atoms with Gasteiger partial charge in [0.25, 0.3) is 0 Å². The summed E-state index contributed by atoms with van der Waals surface area (Å²) in [7, 11) is 0. The Labute approximate surface area is 320 Å². The Hall–Kier alpha value is -7.37. The molecule has 5 nitrogen and oxygen atoms in total. The fourth-order valence-electron chi connectivity index (χ4n) is 6.89. The van der Waals surface area contributed by atoms with Gasteiger partial charge in [-0.15, -0.1) is 0 Å². The first-order chi connectivity index (χ1) is 29.3. The molecule has 0 aliphatic carbocycles. The number of hydrogen-bond donors (Lipinski definition) is 0. The molecule has 0 N–H and O–H groups in total. The van der Waals surface area contributed by atoms with Crippen LogP contribution in [0.5, 0.6) is 0 Å². The molecular weight excluding hydrogens is 661 g/mol. The second-order valence-electron chi connectivity index (χ2n) is 12.8. The van der Waals surface area contributed by atoms with Crippen LogP contribution in [0.25, 0.3) is 78.0 Å². The van der Waals surface area contributed by atoms with Crippen molar-refractivity contribution in [1.29, 1.82) is 0 Å². The van der Waals surface area contributed by atoms with Crippen molar-refractivity contribution < 1.29 is 12.6 Å². The molecule has 0 fully saturated rings. The smallest absolute Gasteiger partial charge is 0.164 e. The summed E-state index contributed by atoms with van der Waals surface area (Å²) in [5.74, 6) is 0.743. The minimum Gasteiger partial charge on any atom is -0.456 e. The van der Waals surface area contributed by atoms with Gasteiger partial charge in [0.15, 0.2) is 17.5 Å². The average Bonchev–Trinajstić information content (AvgIpc) is 3.70. The number of nitrogens with zero attached hydrogens (tertiary/aromatic N) is 4. The first kappa shape index (κ1) is 25.6. The third-order valence-corrected chi connectivity index (χ3v) is 9.45. The zero-order valence-corrected chi connectivity index (χ0v) is 28.7. The molecule has 0 saturated heterocycles. The summed E-state index contributed by atoms with van der Waals surface area (Å²) in [6.45, 7) is 0. The lowest BCUT2D eigenvalue weighted by Gasteiger charge is -2.27. The molecule has 0 radical (unpaired) electrons. The molecule has 2 heterocycles. The lowest BCUT2D eigenvalue weighted by Crippen LogP contribution is -2.11. The average molecular weight is 699 g/mol. The molecule has 0 bridgehead atoms. The van der Waals surface area contributed by atoms with E-state index in [0.717, 1.165) is 21.9 Å². The van der Waals surface area contributed by atoms with Gasteiger partial charge in [0.05, 0.1) is 19.6 Å². The van der Waals surface area contributed by atoms with Crippen LogP contribution in [-0.2, 0) is 0 Å². The van der Waals surface area contributed by atoms with Crippen LogP contribution in [0.2, 0.25) is 0 Å². The summed E-state index contributed by atoms with van der Waals surface area (Å²) in [6.07, 6.45) is 0. The van der Waals surface area contributed by atoms with Crippen LogP contribution in [0.4, 0.5) is 17.1 Å². The molecular formula is C49H32N4O. The Bertz CT molecular complexity index is 3210. The number of hydrogen-bond acceptors (Lipinski definition) is 5. The second-order valence-corrected chi connectivity index (χ2v) is 12.8. The molecule has 8 aromatic carbocycles. The molecule has 0 aliphatic rings. The Kier molecular flexibility index (Phi) is 6.30. The van der Waals surface area contributed by atoms with Crippen LogP contribution in [0.15, 0.2) is 198 Å². The minimum absolute atomic E-state index is 0.0337. The van der Waals surface area contributed by atoms with Crippen molar-refractivity contribution in [2.24, 2.45) is 0 Å². The van der Waals surface area contributed by atoms with Gasteiger partial charge >= 0.3 is 0 Å².